The SMILES string of the molecule is CC1(C)COC(=O)[C@@H]1O[C@H]1C[C@H](c2ccc(C(F)(F)F)cc2)NC(=O)O1. The highest BCUT2D eigenvalue weighted by molar-refractivity contribution is 5.78. The van der Waals surface area contributed by atoms with Crippen LogP contribution in [0.4, 0.5) is 18.0 Å². The number of cyclic esters (lactones) is 2. The summed E-state index contributed by atoms with van der Waals surface area (Å²) in [6.45, 7) is 3.77. The molecular formula is C17H18F3NO5. The highest BCUT2D eigenvalue weighted by Crippen LogP contribution is 2.35. The molecule has 1 aromatic rings. The number of amides is 1. The number of alkyl carbamates (subject to hydrolysis) is 1. The molecular weight excluding hydrogens is 355 g/mol. The Morgan fingerprint density at radius 2 is 1.85 bits per heavy atom. The molecule has 3 rings (SSSR count). The van der Waals surface area contributed by atoms with Crippen LogP contribution in [0.2, 0.25) is 0 Å². The smallest absolute Gasteiger partial charge is 0.416 e. The van der Waals surface area contributed by atoms with Crippen LogP contribution in [-0.4, -0.2) is 31.1 Å². The molecule has 2 fully saturated rings. The molecule has 0 bridgehead atoms. The van der Waals surface area contributed by atoms with E-state index in [9.17, 15) is 22.8 Å². The summed E-state index contributed by atoms with van der Waals surface area (Å²) in [6.07, 6.45) is -6.94. The van der Waals surface area contributed by atoms with E-state index in [1.54, 1.807) is 13.8 Å². The molecule has 3 atom stereocenters. The Hall–Kier alpha value is -2.29. The molecule has 142 valence electrons. The van der Waals surface area contributed by atoms with Crippen LogP contribution in [0, 0.1) is 5.41 Å². The van der Waals surface area contributed by atoms with Gasteiger partial charge in [0.25, 0.3) is 0 Å². The number of rotatable bonds is 3. The van der Waals surface area contributed by atoms with E-state index in [-0.39, 0.29) is 13.0 Å². The van der Waals surface area contributed by atoms with Crippen molar-refractivity contribution in [2.24, 2.45) is 5.41 Å². The molecule has 1 aromatic carbocycles. The lowest BCUT2D eigenvalue weighted by Gasteiger charge is -2.33. The summed E-state index contributed by atoms with van der Waals surface area (Å²) in [7, 11) is 0. The van der Waals surface area contributed by atoms with Crippen LogP contribution in [0.5, 0.6) is 0 Å². The standard InChI is InChI=1S/C17H18F3NO5/c1-16(2)8-24-14(22)13(16)25-12-7-11(21-15(23)26-12)9-3-5-10(6-4-9)17(18,19)20/h3-6,11-13H,7-8H2,1-2H3,(H,21,23)/t11-,12-,13+/m1/s1. The van der Waals surface area contributed by atoms with Gasteiger partial charge in [0, 0.05) is 11.8 Å². The Bertz CT molecular complexity index is 701. The van der Waals surface area contributed by atoms with Gasteiger partial charge in [-0.15, -0.1) is 0 Å². The monoisotopic (exact) mass is 373 g/mol. The van der Waals surface area contributed by atoms with Crippen LogP contribution in [0.15, 0.2) is 24.3 Å². The van der Waals surface area contributed by atoms with Crippen molar-refractivity contribution < 1.29 is 37.0 Å². The van der Waals surface area contributed by atoms with Crippen molar-refractivity contribution in [2.75, 3.05) is 6.61 Å². The molecule has 0 spiro atoms. The Labute approximate surface area is 147 Å². The maximum Gasteiger partial charge on any atom is 0.416 e. The lowest BCUT2D eigenvalue weighted by atomic mass is 9.89. The summed E-state index contributed by atoms with van der Waals surface area (Å²) in [5.41, 5.74) is -0.863. The van der Waals surface area contributed by atoms with Crippen LogP contribution in [0.1, 0.15) is 37.4 Å². The van der Waals surface area contributed by atoms with E-state index in [4.69, 9.17) is 14.2 Å². The molecule has 0 aliphatic carbocycles. The number of benzene rings is 1. The van der Waals surface area contributed by atoms with E-state index in [0.29, 0.717) is 5.56 Å². The molecule has 1 amide bonds. The molecule has 0 radical (unpaired) electrons. The zero-order valence-corrected chi connectivity index (χ0v) is 14.1. The Balaban J connectivity index is 1.72. The lowest BCUT2D eigenvalue weighted by molar-refractivity contribution is -0.183. The number of nitrogens with one attached hydrogen (secondary N) is 1. The normalized spacial score (nSPS) is 28.3. The minimum Gasteiger partial charge on any atom is -0.463 e. The van der Waals surface area contributed by atoms with Gasteiger partial charge in [0.2, 0.25) is 6.29 Å². The number of hydrogen-bond donors (Lipinski definition) is 1. The molecule has 6 nitrogen and oxygen atoms in total. The van der Waals surface area contributed by atoms with Gasteiger partial charge in [0.05, 0.1) is 18.2 Å². The van der Waals surface area contributed by atoms with E-state index >= 15 is 0 Å². The largest absolute Gasteiger partial charge is 0.463 e. The van der Waals surface area contributed by atoms with Crippen molar-refractivity contribution in [1.82, 2.24) is 5.32 Å². The van der Waals surface area contributed by atoms with Gasteiger partial charge in [0.1, 0.15) is 0 Å². The number of ether oxygens (including phenoxy) is 3. The van der Waals surface area contributed by atoms with Crippen molar-refractivity contribution in [2.45, 2.75) is 44.9 Å². The van der Waals surface area contributed by atoms with Crippen LogP contribution in [0.3, 0.4) is 0 Å². The second kappa shape index (κ2) is 6.46. The molecule has 2 aliphatic heterocycles. The molecule has 2 aliphatic rings. The first-order valence-corrected chi connectivity index (χ1v) is 8.03. The third-order valence-corrected chi connectivity index (χ3v) is 4.40. The molecule has 0 saturated carbocycles. The Morgan fingerprint density at radius 3 is 2.38 bits per heavy atom. The third kappa shape index (κ3) is 3.77. The zero-order valence-electron chi connectivity index (χ0n) is 14.1. The van der Waals surface area contributed by atoms with Crippen molar-refractivity contribution in [3.8, 4) is 0 Å². The van der Waals surface area contributed by atoms with Crippen molar-refractivity contribution in [3.05, 3.63) is 35.4 Å². The summed E-state index contributed by atoms with van der Waals surface area (Å²) in [6, 6.07) is 3.90. The third-order valence-electron chi connectivity index (χ3n) is 4.40. The predicted molar refractivity (Wildman–Crippen MR) is 81.8 cm³/mol. The predicted octanol–water partition coefficient (Wildman–Crippen LogP) is 3.17. The minimum absolute atomic E-state index is 0.150. The number of hydrogen-bond acceptors (Lipinski definition) is 5. The summed E-state index contributed by atoms with van der Waals surface area (Å²) >= 11 is 0. The molecule has 26 heavy (non-hydrogen) atoms. The summed E-state index contributed by atoms with van der Waals surface area (Å²) < 4.78 is 53.7. The van der Waals surface area contributed by atoms with Crippen LogP contribution < -0.4 is 5.32 Å². The highest BCUT2D eigenvalue weighted by atomic mass is 19.4. The van der Waals surface area contributed by atoms with Crippen molar-refractivity contribution >= 4 is 12.1 Å². The van der Waals surface area contributed by atoms with Crippen LogP contribution in [-0.2, 0) is 25.2 Å². The van der Waals surface area contributed by atoms with Gasteiger partial charge in [-0.25, -0.2) is 9.59 Å². The quantitative estimate of drug-likeness (QED) is 0.824. The number of alkyl halides is 3. The van der Waals surface area contributed by atoms with E-state index in [0.717, 1.165) is 12.1 Å². The number of esters is 1. The van der Waals surface area contributed by atoms with E-state index < -0.39 is 47.7 Å². The lowest BCUT2D eigenvalue weighted by Crippen LogP contribution is -2.45. The average molecular weight is 373 g/mol. The average Bonchev–Trinajstić information content (AvgIpc) is 2.81. The fraction of sp³-hybridized carbons (Fsp3) is 0.529. The minimum atomic E-state index is -4.43. The van der Waals surface area contributed by atoms with E-state index in [1.807, 2.05) is 0 Å². The Morgan fingerprint density at radius 1 is 1.19 bits per heavy atom. The molecule has 9 heteroatoms. The summed E-state index contributed by atoms with van der Waals surface area (Å²) in [5.74, 6) is -0.532. The first kappa shape index (κ1) is 18.5. The van der Waals surface area contributed by atoms with Gasteiger partial charge in [-0.05, 0) is 17.7 Å². The van der Waals surface area contributed by atoms with Crippen molar-refractivity contribution in [1.29, 1.82) is 0 Å². The second-order valence-electron chi connectivity index (χ2n) is 7.00. The summed E-state index contributed by atoms with van der Waals surface area (Å²) in [4.78, 5) is 23.6. The molecule has 2 saturated heterocycles. The first-order chi connectivity index (χ1) is 12.1. The van der Waals surface area contributed by atoms with Gasteiger partial charge in [0.15, 0.2) is 6.10 Å². The number of halogens is 3. The molecule has 2 heterocycles. The van der Waals surface area contributed by atoms with Gasteiger partial charge < -0.3 is 19.5 Å². The van der Waals surface area contributed by atoms with E-state index in [1.165, 1.54) is 12.1 Å². The second-order valence-corrected chi connectivity index (χ2v) is 7.00. The molecule has 0 unspecified atom stereocenters. The van der Waals surface area contributed by atoms with Gasteiger partial charge >= 0.3 is 18.2 Å². The van der Waals surface area contributed by atoms with Crippen LogP contribution in [0.25, 0.3) is 0 Å². The topological polar surface area (TPSA) is 73.9 Å². The first-order valence-electron chi connectivity index (χ1n) is 8.03. The number of carbonyl (C=O) groups is 2. The fourth-order valence-corrected chi connectivity index (χ4v) is 2.92. The fourth-order valence-electron chi connectivity index (χ4n) is 2.92. The van der Waals surface area contributed by atoms with Crippen LogP contribution >= 0.6 is 0 Å². The van der Waals surface area contributed by atoms with E-state index in [2.05, 4.69) is 5.32 Å². The van der Waals surface area contributed by atoms with Crippen molar-refractivity contribution in [3.63, 3.8) is 0 Å². The highest BCUT2D eigenvalue weighted by Gasteiger charge is 2.47. The summed E-state index contributed by atoms with van der Waals surface area (Å²) in [5, 5.41) is 2.54. The molecule has 0 aromatic heterocycles. The van der Waals surface area contributed by atoms with Gasteiger partial charge in [-0.2, -0.15) is 13.2 Å². The maximum absolute atomic E-state index is 12.7. The van der Waals surface area contributed by atoms with Gasteiger partial charge in [-0.1, -0.05) is 26.0 Å². The zero-order chi connectivity index (χ0) is 19.1. The number of carbonyl (C=O) groups excluding carboxylic acids is 2. The van der Waals surface area contributed by atoms with Gasteiger partial charge in [-0.3, -0.25) is 0 Å². The maximum atomic E-state index is 12.7. The Kier molecular flexibility index (Phi) is 4.60. The molecule has 1 N–H and O–H groups in total.